The van der Waals surface area contributed by atoms with E-state index in [2.05, 4.69) is 88.1 Å². The van der Waals surface area contributed by atoms with Gasteiger partial charge in [-0.2, -0.15) is 0 Å². The van der Waals surface area contributed by atoms with Crippen LogP contribution < -0.4 is 5.32 Å². The third-order valence-electron chi connectivity index (χ3n) is 6.56. The summed E-state index contributed by atoms with van der Waals surface area (Å²) < 4.78 is 0. The molecular formula is C30H20N4S2. The number of thiazole rings is 2. The largest absolute Gasteiger partial charge is 0.381 e. The second kappa shape index (κ2) is 8.82. The number of pyridine rings is 1. The molecule has 6 heteroatoms. The van der Waals surface area contributed by atoms with Crippen molar-refractivity contribution in [2.24, 2.45) is 0 Å². The first-order valence-corrected chi connectivity index (χ1v) is 13.5. The third-order valence-corrected chi connectivity index (χ3v) is 8.21. The molecule has 0 radical (unpaired) electrons. The zero-order chi connectivity index (χ0) is 23.9. The molecule has 0 unspecified atom stereocenters. The van der Waals surface area contributed by atoms with Gasteiger partial charge in [-0.05, 0) is 50.9 Å². The predicted octanol–water partition coefficient (Wildman–Crippen LogP) is 7.66. The molecular weight excluding hydrogens is 480 g/mol. The van der Waals surface area contributed by atoms with Crippen molar-refractivity contribution in [3.05, 3.63) is 113 Å². The number of benzene rings is 3. The maximum atomic E-state index is 4.85. The second-order valence-electron chi connectivity index (χ2n) is 8.60. The molecule has 0 saturated heterocycles. The van der Waals surface area contributed by atoms with Crippen molar-refractivity contribution in [2.75, 3.05) is 6.54 Å². The van der Waals surface area contributed by atoms with Gasteiger partial charge >= 0.3 is 0 Å². The monoisotopic (exact) mass is 500 g/mol. The standard InChI is InChI=1S/C30H20N4S2/c1-2-6-22-21(5-1)29(25-13-19(9-11-33-25)27-15-31-17-35-27)23-7-3-4-8-24(23)30(22)26-14-20(10-12-34-26)28-16-32-18-36-28/h1-11,13-18,34H,12H2. The number of fused-ring (bicyclic) bond motifs is 2. The number of allylic oxidation sites excluding steroid dienone is 2. The molecule has 3 aromatic heterocycles. The van der Waals surface area contributed by atoms with Crippen LogP contribution in [0, 0.1) is 0 Å². The van der Waals surface area contributed by atoms with Gasteiger partial charge in [0.25, 0.3) is 0 Å². The summed E-state index contributed by atoms with van der Waals surface area (Å²) in [7, 11) is 0. The van der Waals surface area contributed by atoms with Gasteiger partial charge in [0, 0.05) is 42.0 Å². The molecule has 1 N–H and O–H groups in total. The maximum Gasteiger partial charge on any atom is 0.0797 e. The van der Waals surface area contributed by atoms with Crippen LogP contribution in [0.25, 0.3) is 54.5 Å². The molecule has 3 aromatic carbocycles. The molecule has 6 aromatic rings. The first-order valence-electron chi connectivity index (χ1n) is 11.7. The van der Waals surface area contributed by atoms with Crippen molar-refractivity contribution >= 4 is 55.5 Å². The van der Waals surface area contributed by atoms with Gasteiger partial charge in [0.05, 0.1) is 26.5 Å². The average Bonchev–Trinajstić information content (AvgIpc) is 3.67. The van der Waals surface area contributed by atoms with Gasteiger partial charge in [0.15, 0.2) is 0 Å². The predicted molar refractivity (Wildman–Crippen MR) is 152 cm³/mol. The van der Waals surface area contributed by atoms with Crippen molar-refractivity contribution in [2.45, 2.75) is 0 Å². The van der Waals surface area contributed by atoms with Crippen LogP contribution in [0.15, 0.2) is 102 Å². The summed E-state index contributed by atoms with van der Waals surface area (Å²) in [6.45, 7) is 0.780. The summed E-state index contributed by atoms with van der Waals surface area (Å²) in [5, 5.41) is 8.45. The molecule has 0 bridgehead atoms. The molecule has 1 aliphatic rings. The quantitative estimate of drug-likeness (QED) is 0.252. The summed E-state index contributed by atoms with van der Waals surface area (Å²) in [5.74, 6) is 0. The molecule has 36 heavy (non-hydrogen) atoms. The number of hydrogen-bond acceptors (Lipinski definition) is 6. The van der Waals surface area contributed by atoms with Gasteiger partial charge in [0.2, 0.25) is 0 Å². The maximum absolute atomic E-state index is 4.85. The van der Waals surface area contributed by atoms with Crippen LogP contribution >= 0.6 is 22.7 Å². The van der Waals surface area contributed by atoms with Crippen LogP contribution in [-0.2, 0) is 0 Å². The molecule has 0 aliphatic carbocycles. The Bertz CT molecular complexity index is 1720. The highest BCUT2D eigenvalue weighted by Gasteiger charge is 2.20. The van der Waals surface area contributed by atoms with E-state index < -0.39 is 0 Å². The van der Waals surface area contributed by atoms with E-state index in [0.29, 0.717) is 0 Å². The van der Waals surface area contributed by atoms with Crippen molar-refractivity contribution in [3.8, 4) is 21.7 Å². The van der Waals surface area contributed by atoms with Crippen molar-refractivity contribution in [3.63, 3.8) is 0 Å². The number of hydrogen-bond donors (Lipinski definition) is 1. The smallest absolute Gasteiger partial charge is 0.0797 e. The lowest BCUT2D eigenvalue weighted by Crippen LogP contribution is -2.16. The third kappa shape index (κ3) is 3.54. The Morgan fingerprint density at radius 2 is 1.36 bits per heavy atom. The van der Waals surface area contributed by atoms with E-state index in [1.807, 2.05) is 29.6 Å². The van der Waals surface area contributed by atoms with Gasteiger partial charge in [-0.3, -0.25) is 15.0 Å². The molecule has 0 fully saturated rings. The number of dihydropyridines is 1. The topological polar surface area (TPSA) is 50.7 Å². The first-order chi connectivity index (χ1) is 17.9. The SMILES string of the molecule is C1=C(c2cncs2)C=C(c2c3ccccc3c(-c3cc(-c4cncs4)ccn3)c3ccccc23)NC1. The minimum absolute atomic E-state index is 0.780. The van der Waals surface area contributed by atoms with Gasteiger partial charge in [-0.25, -0.2) is 0 Å². The molecule has 7 rings (SSSR count). The van der Waals surface area contributed by atoms with E-state index in [0.717, 1.165) is 33.9 Å². The van der Waals surface area contributed by atoms with Crippen LogP contribution in [-0.4, -0.2) is 21.5 Å². The Morgan fingerprint density at radius 3 is 2.00 bits per heavy atom. The Morgan fingerprint density at radius 1 is 0.722 bits per heavy atom. The van der Waals surface area contributed by atoms with E-state index in [-0.39, 0.29) is 0 Å². The zero-order valence-corrected chi connectivity index (χ0v) is 20.8. The fourth-order valence-electron chi connectivity index (χ4n) is 5.00. The Hall–Kier alpha value is -4.13. The van der Waals surface area contributed by atoms with Crippen LogP contribution in [0.5, 0.6) is 0 Å². The van der Waals surface area contributed by atoms with Crippen LogP contribution in [0.1, 0.15) is 10.4 Å². The summed E-state index contributed by atoms with van der Waals surface area (Å²) in [6, 6.07) is 21.6. The Kier molecular flexibility index (Phi) is 5.19. The van der Waals surface area contributed by atoms with E-state index >= 15 is 0 Å². The molecule has 0 atom stereocenters. The molecule has 0 saturated carbocycles. The molecule has 4 nitrogen and oxygen atoms in total. The number of rotatable bonds is 4. The second-order valence-corrected chi connectivity index (χ2v) is 10.4. The highest BCUT2D eigenvalue weighted by Crippen LogP contribution is 2.42. The van der Waals surface area contributed by atoms with Gasteiger partial charge in [-0.1, -0.05) is 54.6 Å². The van der Waals surface area contributed by atoms with Crippen LogP contribution in [0.3, 0.4) is 0 Å². The van der Waals surface area contributed by atoms with E-state index in [4.69, 9.17) is 4.98 Å². The molecule has 0 amide bonds. The van der Waals surface area contributed by atoms with Crippen LogP contribution in [0.2, 0.25) is 0 Å². The average molecular weight is 501 g/mol. The summed E-state index contributed by atoms with van der Waals surface area (Å²) >= 11 is 3.31. The van der Waals surface area contributed by atoms with Crippen LogP contribution in [0.4, 0.5) is 0 Å². The van der Waals surface area contributed by atoms with E-state index in [1.165, 1.54) is 37.6 Å². The Labute approximate surface area is 216 Å². The minimum atomic E-state index is 0.780. The molecule has 1 aliphatic heterocycles. The summed E-state index contributed by atoms with van der Waals surface area (Å²) in [4.78, 5) is 15.7. The minimum Gasteiger partial charge on any atom is -0.381 e. The lowest BCUT2D eigenvalue weighted by atomic mass is 9.87. The van der Waals surface area contributed by atoms with E-state index in [1.54, 1.807) is 22.7 Å². The normalized spacial score (nSPS) is 13.4. The Balaban J connectivity index is 1.51. The fraction of sp³-hybridized carbons (Fsp3) is 0.0333. The highest BCUT2D eigenvalue weighted by molar-refractivity contribution is 7.13. The lowest BCUT2D eigenvalue weighted by Gasteiger charge is -2.22. The number of aromatic nitrogens is 3. The van der Waals surface area contributed by atoms with Crippen molar-refractivity contribution in [1.82, 2.24) is 20.3 Å². The number of nitrogens with one attached hydrogen (secondary N) is 1. The molecule has 0 spiro atoms. The van der Waals surface area contributed by atoms with Gasteiger partial charge in [-0.15, -0.1) is 22.7 Å². The van der Waals surface area contributed by atoms with Crippen molar-refractivity contribution in [1.29, 1.82) is 0 Å². The molecule has 4 heterocycles. The van der Waals surface area contributed by atoms with Gasteiger partial charge < -0.3 is 5.32 Å². The van der Waals surface area contributed by atoms with E-state index in [9.17, 15) is 0 Å². The molecule has 172 valence electrons. The number of nitrogens with zero attached hydrogens (tertiary/aromatic N) is 3. The highest BCUT2D eigenvalue weighted by atomic mass is 32.1. The first kappa shape index (κ1) is 21.2. The zero-order valence-electron chi connectivity index (χ0n) is 19.2. The fourth-order valence-corrected chi connectivity index (χ4v) is 6.26. The summed E-state index contributed by atoms with van der Waals surface area (Å²) in [5.41, 5.74) is 10.6. The van der Waals surface area contributed by atoms with Gasteiger partial charge in [0.1, 0.15) is 0 Å². The summed E-state index contributed by atoms with van der Waals surface area (Å²) in [6.07, 6.45) is 10.2. The lowest BCUT2D eigenvalue weighted by molar-refractivity contribution is 1.00. The van der Waals surface area contributed by atoms with Crippen molar-refractivity contribution < 1.29 is 0 Å².